The van der Waals surface area contributed by atoms with Crippen LogP contribution in [-0.2, 0) is 16.0 Å². The highest BCUT2D eigenvalue weighted by molar-refractivity contribution is 6.09. The third-order valence-electron chi connectivity index (χ3n) is 4.65. The van der Waals surface area contributed by atoms with Crippen LogP contribution in [0.2, 0.25) is 0 Å². The lowest BCUT2D eigenvalue weighted by atomic mass is 10.1. The van der Waals surface area contributed by atoms with Gasteiger partial charge in [-0.2, -0.15) is 0 Å². The molecule has 1 N–H and O–H groups in total. The summed E-state index contributed by atoms with van der Waals surface area (Å²) in [6.45, 7) is 1.74. The van der Waals surface area contributed by atoms with Crippen LogP contribution in [0, 0.1) is 0 Å². The van der Waals surface area contributed by atoms with Gasteiger partial charge in [-0.1, -0.05) is 31.2 Å². The molecule has 0 aliphatic heterocycles. The molecule has 0 unspecified atom stereocenters. The molecule has 6 heteroatoms. The Bertz CT molecular complexity index is 1060. The van der Waals surface area contributed by atoms with Crippen molar-refractivity contribution in [3.63, 3.8) is 0 Å². The molecule has 0 fully saturated rings. The molecule has 3 aromatic rings. The number of carbonyl (C=O) groups is 2. The van der Waals surface area contributed by atoms with E-state index in [4.69, 9.17) is 14.2 Å². The molecule has 1 heterocycles. The number of nitrogens with one attached hydrogen (secondary N) is 1. The van der Waals surface area contributed by atoms with Crippen molar-refractivity contribution in [2.45, 2.75) is 13.3 Å². The molecule has 3 rings (SSSR count). The molecule has 0 aliphatic carbocycles. The van der Waals surface area contributed by atoms with Crippen LogP contribution < -0.4 is 9.47 Å². The summed E-state index contributed by atoms with van der Waals surface area (Å²) in [5.74, 6) is 0.311. The summed E-state index contributed by atoms with van der Waals surface area (Å²) in [4.78, 5) is 27.7. The van der Waals surface area contributed by atoms with E-state index in [1.807, 2.05) is 18.2 Å². The fourth-order valence-electron chi connectivity index (χ4n) is 3.13. The van der Waals surface area contributed by atoms with E-state index in [1.165, 1.54) is 6.08 Å². The maximum atomic E-state index is 12.5. The highest BCUT2D eigenvalue weighted by atomic mass is 16.5. The second kappa shape index (κ2) is 9.10. The summed E-state index contributed by atoms with van der Waals surface area (Å²) >= 11 is 0. The Labute approximate surface area is 169 Å². The van der Waals surface area contributed by atoms with Gasteiger partial charge >= 0.3 is 5.97 Å². The molecule has 0 radical (unpaired) electrons. The topological polar surface area (TPSA) is 77.6 Å². The fraction of sp³-hybridized carbons (Fsp3) is 0.217. The van der Waals surface area contributed by atoms with Crippen molar-refractivity contribution in [3.8, 4) is 11.5 Å². The summed E-state index contributed by atoms with van der Waals surface area (Å²) in [6, 6.07) is 11.1. The molecule has 0 bridgehead atoms. The molecule has 0 saturated heterocycles. The fourth-order valence-corrected chi connectivity index (χ4v) is 3.13. The Morgan fingerprint density at radius 2 is 1.86 bits per heavy atom. The summed E-state index contributed by atoms with van der Waals surface area (Å²) in [6.07, 6.45) is 5.40. The predicted molar refractivity (Wildman–Crippen MR) is 112 cm³/mol. The van der Waals surface area contributed by atoms with Crippen molar-refractivity contribution in [1.82, 2.24) is 4.98 Å². The number of Topliss-reactive ketones (excluding diaryl/α,β-unsaturated/α-hetero) is 1. The van der Waals surface area contributed by atoms with Crippen molar-refractivity contribution >= 4 is 28.7 Å². The molecule has 2 aromatic carbocycles. The standard InChI is InChI=1S/C23H23NO5/c1-4-16-6-5-7-17-18(13-24-23(16)17)19(25)14-29-22(26)11-9-15-8-10-20(27-2)21(12-15)28-3/h5-13,24H,4,14H2,1-3H3/b11-9+. The highest BCUT2D eigenvalue weighted by Crippen LogP contribution is 2.28. The van der Waals surface area contributed by atoms with E-state index in [1.54, 1.807) is 44.7 Å². The second-order valence-corrected chi connectivity index (χ2v) is 6.37. The van der Waals surface area contributed by atoms with Crippen LogP contribution in [0.5, 0.6) is 11.5 Å². The molecule has 150 valence electrons. The third kappa shape index (κ3) is 4.48. The summed E-state index contributed by atoms with van der Waals surface area (Å²) < 4.78 is 15.5. The minimum absolute atomic E-state index is 0.252. The lowest BCUT2D eigenvalue weighted by Gasteiger charge is -2.07. The number of benzene rings is 2. The van der Waals surface area contributed by atoms with Gasteiger partial charge in [0.25, 0.3) is 0 Å². The average Bonchev–Trinajstić information content (AvgIpc) is 3.20. The van der Waals surface area contributed by atoms with Gasteiger partial charge in [-0.25, -0.2) is 4.79 Å². The molecular formula is C23H23NO5. The number of esters is 1. The van der Waals surface area contributed by atoms with Gasteiger partial charge in [0.2, 0.25) is 5.78 Å². The minimum atomic E-state index is -0.595. The number of rotatable bonds is 8. The number of H-pyrrole nitrogens is 1. The number of methoxy groups -OCH3 is 2. The minimum Gasteiger partial charge on any atom is -0.493 e. The Kier molecular flexibility index (Phi) is 6.34. The van der Waals surface area contributed by atoms with Gasteiger partial charge in [0.05, 0.1) is 14.2 Å². The number of carbonyl (C=O) groups excluding carboxylic acids is 2. The van der Waals surface area contributed by atoms with Gasteiger partial charge < -0.3 is 19.2 Å². The lowest BCUT2D eigenvalue weighted by Crippen LogP contribution is -2.12. The van der Waals surface area contributed by atoms with E-state index in [0.717, 1.165) is 28.5 Å². The molecule has 0 aliphatic rings. The quantitative estimate of drug-likeness (QED) is 0.353. The zero-order chi connectivity index (χ0) is 20.8. The molecule has 1 aromatic heterocycles. The monoisotopic (exact) mass is 393 g/mol. The van der Waals surface area contributed by atoms with Gasteiger partial charge in [0.1, 0.15) is 0 Å². The first kappa shape index (κ1) is 20.2. The molecule has 0 saturated carbocycles. The number of ketones is 1. The maximum Gasteiger partial charge on any atom is 0.331 e. The van der Waals surface area contributed by atoms with Crippen LogP contribution in [0.4, 0.5) is 0 Å². The molecule has 0 amide bonds. The Morgan fingerprint density at radius 3 is 2.59 bits per heavy atom. The SMILES string of the molecule is CCc1cccc2c(C(=O)COC(=O)/C=C/c3ccc(OC)c(OC)c3)c[nH]c12. The number of hydrogen-bond acceptors (Lipinski definition) is 5. The van der Waals surface area contributed by atoms with Crippen molar-refractivity contribution in [1.29, 1.82) is 0 Å². The average molecular weight is 393 g/mol. The number of aryl methyl sites for hydroxylation is 1. The number of hydrogen-bond donors (Lipinski definition) is 1. The van der Waals surface area contributed by atoms with Crippen LogP contribution >= 0.6 is 0 Å². The summed E-state index contributed by atoms with van der Waals surface area (Å²) in [5.41, 5.74) is 3.34. The summed E-state index contributed by atoms with van der Waals surface area (Å²) in [5, 5.41) is 0.839. The van der Waals surface area contributed by atoms with Gasteiger partial charge in [-0.3, -0.25) is 4.79 Å². The number of aromatic nitrogens is 1. The van der Waals surface area contributed by atoms with Crippen molar-refractivity contribution in [2.75, 3.05) is 20.8 Å². The smallest absolute Gasteiger partial charge is 0.331 e. The van der Waals surface area contributed by atoms with Crippen molar-refractivity contribution in [2.24, 2.45) is 0 Å². The second-order valence-electron chi connectivity index (χ2n) is 6.37. The van der Waals surface area contributed by atoms with Crippen LogP contribution in [0.15, 0.2) is 48.7 Å². The predicted octanol–water partition coefficient (Wildman–Crippen LogP) is 4.19. The number of ether oxygens (including phenoxy) is 3. The van der Waals surface area contributed by atoms with E-state index < -0.39 is 5.97 Å². The van der Waals surface area contributed by atoms with Gasteiger partial charge in [-0.15, -0.1) is 0 Å². The Morgan fingerprint density at radius 1 is 1.07 bits per heavy atom. The molecule has 29 heavy (non-hydrogen) atoms. The van der Waals surface area contributed by atoms with E-state index in [0.29, 0.717) is 17.1 Å². The third-order valence-corrected chi connectivity index (χ3v) is 4.65. The normalized spacial score (nSPS) is 11.0. The first-order chi connectivity index (χ1) is 14.1. The van der Waals surface area contributed by atoms with E-state index >= 15 is 0 Å². The Hall–Kier alpha value is -3.54. The molecule has 6 nitrogen and oxygen atoms in total. The van der Waals surface area contributed by atoms with Crippen LogP contribution in [-0.4, -0.2) is 37.6 Å². The lowest BCUT2D eigenvalue weighted by molar-refractivity contribution is -0.136. The first-order valence-electron chi connectivity index (χ1n) is 9.26. The maximum absolute atomic E-state index is 12.5. The Balaban J connectivity index is 1.64. The van der Waals surface area contributed by atoms with E-state index in [-0.39, 0.29) is 12.4 Å². The van der Waals surface area contributed by atoms with Crippen LogP contribution in [0.25, 0.3) is 17.0 Å². The number of para-hydroxylation sites is 1. The van der Waals surface area contributed by atoms with Crippen LogP contribution in [0.3, 0.4) is 0 Å². The first-order valence-corrected chi connectivity index (χ1v) is 9.26. The van der Waals surface area contributed by atoms with Crippen molar-refractivity contribution < 1.29 is 23.8 Å². The van der Waals surface area contributed by atoms with Gasteiger partial charge in [0, 0.05) is 28.7 Å². The van der Waals surface area contributed by atoms with Gasteiger partial charge in [0.15, 0.2) is 18.1 Å². The number of aromatic amines is 1. The van der Waals surface area contributed by atoms with E-state index in [9.17, 15) is 9.59 Å². The number of fused-ring (bicyclic) bond motifs is 1. The zero-order valence-corrected chi connectivity index (χ0v) is 16.7. The molecular weight excluding hydrogens is 370 g/mol. The van der Waals surface area contributed by atoms with Crippen LogP contribution in [0.1, 0.15) is 28.4 Å². The zero-order valence-electron chi connectivity index (χ0n) is 16.7. The summed E-state index contributed by atoms with van der Waals surface area (Å²) in [7, 11) is 3.10. The van der Waals surface area contributed by atoms with Crippen molar-refractivity contribution in [3.05, 3.63) is 65.4 Å². The highest BCUT2D eigenvalue weighted by Gasteiger charge is 2.15. The largest absolute Gasteiger partial charge is 0.493 e. The molecule has 0 atom stereocenters. The van der Waals surface area contributed by atoms with Gasteiger partial charge in [-0.05, 0) is 35.8 Å². The molecule has 0 spiro atoms. The van der Waals surface area contributed by atoms with E-state index in [2.05, 4.69) is 11.9 Å².